The van der Waals surface area contributed by atoms with Crippen LogP contribution < -0.4 is 0 Å². The maximum Gasteiger partial charge on any atom is 0.417 e. The van der Waals surface area contributed by atoms with Gasteiger partial charge in [0.25, 0.3) is 0 Å². The number of benzene rings is 2. The number of alkyl halides is 9. The van der Waals surface area contributed by atoms with E-state index in [1.54, 1.807) is 0 Å². The molecule has 3 heterocycles. The molecular weight excluding hydrogens is 605 g/mol. The Bertz CT molecular complexity index is 1800. The summed E-state index contributed by atoms with van der Waals surface area (Å²) < 4.78 is 123. The molecule has 0 saturated heterocycles. The predicted octanol–water partition coefficient (Wildman–Crippen LogP) is 7.74. The largest absolute Gasteiger partial charge is 0.417 e. The number of pyridine rings is 2. The van der Waals surface area contributed by atoms with E-state index in [9.17, 15) is 44.3 Å². The van der Waals surface area contributed by atoms with E-state index < -0.39 is 58.7 Å². The Labute approximate surface area is 241 Å². The SMILES string of the molecule is O=C(c1ccccc1C(F)(F)F)c1cccnc1-c1nnn(Cc2cc(C(F)(F)F)cc(C(F)(F)F)c2)c1-c1ccncc1. The molecule has 0 aliphatic rings. The van der Waals surface area contributed by atoms with Gasteiger partial charge in [-0.15, -0.1) is 5.10 Å². The van der Waals surface area contributed by atoms with Gasteiger partial charge in [0.2, 0.25) is 0 Å². The Kier molecular flexibility index (Phi) is 7.74. The maximum absolute atomic E-state index is 13.7. The van der Waals surface area contributed by atoms with Gasteiger partial charge < -0.3 is 0 Å². The summed E-state index contributed by atoms with van der Waals surface area (Å²) in [5, 5.41) is 7.95. The highest BCUT2D eigenvalue weighted by Crippen LogP contribution is 2.38. The third kappa shape index (κ3) is 6.16. The highest BCUT2D eigenvalue weighted by atomic mass is 19.4. The van der Waals surface area contributed by atoms with Crippen molar-refractivity contribution in [2.75, 3.05) is 0 Å². The number of hydrogen-bond acceptors (Lipinski definition) is 5. The second-order valence-electron chi connectivity index (χ2n) is 9.37. The molecule has 0 radical (unpaired) electrons. The van der Waals surface area contributed by atoms with Crippen LogP contribution in [0.4, 0.5) is 39.5 Å². The molecule has 226 valence electrons. The molecule has 0 atom stereocenters. The molecule has 5 aromatic rings. The van der Waals surface area contributed by atoms with Crippen LogP contribution in [0.15, 0.2) is 85.3 Å². The normalized spacial score (nSPS) is 12.4. The van der Waals surface area contributed by atoms with Gasteiger partial charge in [0.05, 0.1) is 34.5 Å². The molecule has 0 bridgehead atoms. The molecule has 15 heteroatoms. The predicted molar refractivity (Wildman–Crippen MR) is 137 cm³/mol. The fraction of sp³-hybridized carbons (Fsp3) is 0.138. The van der Waals surface area contributed by atoms with Crippen molar-refractivity contribution >= 4 is 5.78 Å². The van der Waals surface area contributed by atoms with Gasteiger partial charge >= 0.3 is 18.5 Å². The summed E-state index contributed by atoms with van der Waals surface area (Å²) in [6, 6.07) is 10.6. The summed E-state index contributed by atoms with van der Waals surface area (Å²) in [4.78, 5) is 21.5. The molecule has 0 aliphatic carbocycles. The molecule has 0 spiro atoms. The van der Waals surface area contributed by atoms with Crippen molar-refractivity contribution in [1.82, 2.24) is 25.0 Å². The standard InChI is InChI=1S/C29H16F9N5O/c30-27(31,32)18-12-16(13-19(14-18)28(33,34)35)15-43-25(17-7-10-39-11-8-17)24(41-42-43)23-21(5-3-9-40-23)26(44)20-4-1-2-6-22(20)29(36,37)38/h1-14H,15H2. The lowest BCUT2D eigenvalue weighted by Crippen LogP contribution is -2.15. The van der Waals surface area contributed by atoms with E-state index in [1.165, 1.54) is 48.9 Å². The van der Waals surface area contributed by atoms with E-state index in [2.05, 4.69) is 20.3 Å². The van der Waals surface area contributed by atoms with Crippen LogP contribution in [0.2, 0.25) is 0 Å². The highest BCUT2D eigenvalue weighted by Gasteiger charge is 2.38. The molecule has 0 fully saturated rings. The number of rotatable bonds is 6. The van der Waals surface area contributed by atoms with Crippen molar-refractivity contribution in [3.05, 3.63) is 119 Å². The summed E-state index contributed by atoms with van der Waals surface area (Å²) in [5.41, 5.74) is -5.74. The number of aromatic nitrogens is 5. The third-order valence-electron chi connectivity index (χ3n) is 6.42. The van der Waals surface area contributed by atoms with Crippen molar-refractivity contribution in [2.24, 2.45) is 0 Å². The zero-order valence-corrected chi connectivity index (χ0v) is 21.8. The topological polar surface area (TPSA) is 73.6 Å². The van der Waals surface area contributed by atoms with Crippen molar-refractivity contribution < 1.29 is 44.3 Å². The van der Waals surface area contributed by atoms with Gasteiger partial charge in [-0.2, -0.15) is 39.5 Å². The van der Waals surface area contributed by atoms with Crippen LogP contribution in [0.1, 0.15) is 38.2 Å². The Morgan fingerprint density at radius 2 is 1.30 bits per heavy atom. The van der Waals surface area contributed by atoms with Gasteiger partial charge in [0, 0.05) is 29.7 Å². The molecule has 6 nitrogen and oxygen atoms in total. The van der Waals surface area contributed by atoms with Gasteiger partial charge in [0.1, 0.15) is 11.4 Å². The van der Waals surface area contributed by atoms with Crippen LogP contribution in [0.25, 0.3) is 22.6 Å². The molecule has 0 aliphatic heterocycles. The fourth-order valence-corrected chi connectivity index (χ4v) is 4.51. The van der Waals surface area contributed by atoms with Crippen LogP contribution in [-0.4, -0.2) is 30.7 Å². The van der Waals surface area contributed by atoms with E-state index in [0.29, 0.717) is 12.1 Å². The van der Waals surface area contributed by atoms with Gasteiger partial charge in [-0.3, -0.25) is 14.8 Å². The molecular formula is C29H16F9N5O. The molecule has 0 N–H and O–H groups in total. The van der Waals surface area contributed by atoms with Gasteiger partial charge in [0.15, 0.2) is 5.78 Å². The molecule has 3 aromatic heterocycles. The molecule has 0 saturated carbocycles. The van der Waals surface area contributed by atoms with Crippen LogP contribution in [0.5, 0.6) is 0 Å². The average molecular weight is 621 g/mol. The van der Waals surface area contributed by atoms with E-state index in [-0.39, 0.29) is 34.3 Å². The van der Waals surface area contributed by atoms with Crippen molar-refractivity contribution in [3.63, 3.8) is 0 Å². The molecule has 0 amide bonds. The quantitative estimate of drug-likeness (QED) is 0.143. The molecule has 0 unspecified atom stereocenters. The lowest BCUT2D eigenvalue weighted by atomic mass is 9.95. The second kappa shape index (κ2) is 11.2. The van der Waals surface area contributed by atoms with E-state index >= 15 is 0 Å². The summed E-state index contributed by atoms with van der Waals surface area (Å²) in [5.74, 6) is -1.05. The lowest BCUT2D eigenvalue weighted by molar-refractivity contribution is -0.143. The van der Waals surface area contributed by atoms with E-state index in [4.69, 9.17) is 0 Å². The monoisotopic (exact) mass is 621 g/mol. The second-order valence-corrected chi connectivity index (χ2v) is 9.37. The summed E-state index contributed by atoms with van der Waals surface area (Å²) in [7, 11) is 0. The highest BCUT2D eigenvalue weighted by molar-refractivity contribution is 6.13. The zero-order valence-electron chi connectivity index (χ0n) is 21.8. The minimum atomic E-state index is -5.09. The first kappa shape index (κ1) is 30.4. The maximum atomic E-state index is 13.7. The molecule has 5 rings (SSSR count). The van der Waals surface area contributed by atoms with Crippen LogP contribution in [0, 0.1) is 0 Å². The zero-order chi connectivity index (χ0) is 31.9. The number of ketones is 1. The van der Waals surface area contributed by atoms with Gasteiger partial charge in [-0.05, 0) is 54.1 Å². The first-order valence-corrected chi connectivity index (χ1v) is 12.4. The summed E-state index contributed by atoms with van der Waals surface area (Å²) >= 11 is 0. The lowest BCUT2D eigenvalue weighted by Gasteiger charge is -2.15. The van der Waals surface area contributed by atoms with Crippen LogP contribution >= 0.6 is 0 Å². The summed E-state index contributed by atoms with van der Waals surface area (Å²) in [6.45, 7) is -0.634. The number of hydrogen-bond donors (Lipinski definition) is 0. The van der Waals surface area contributed by atoms with E-state index in [0.717, 1.165) is 22.9 Å². The third-order valence-corrected chi connectivity index (χ3v) is 6.42. The number of carbonyl (C=O) groups excluding carboxylic acids is 1. The Balaban J connectivity index is 1.68. The van der Waals surface area contributed by atoms with Crippen LogP contribution in [0.3, 0.4) is 0 Å². The number of nitrogens with zero attached hydrogens (tertiary/aromatic N) is 5. The Morgan fingerprint density at radius 3 is 1.91 bits per heavy atom. The first-order valence-electron chi connectivity index (χ1n) is 12.4. The average Bonchev–Trinajstić information content (AvgIpc) is 3.39. The first-order chi connectivity index (χ1) is 20.6. The number of halogens is 9. The Morgan fingerprint density at radius 1 is 0.682 bits per heavy atom. The smallest absolute Gasteiger partial charge is 0.289 e. The van der Waals surface area contributed by atoms with Gasteiger partial charge in [-0.1, -0.05) is 23.4 Å². The van der Waals surface area contributed by atoms with Crippen molar-refractivity contribution in [3.8, 4) is 22.6 Å². The number of carbonyl (C=O) groups is 1. The molecule has 2 aromatic carbocycles. The van der Waals surface area contributed by atoms with Crippen LogP contribution in [-0.2, 0) is 25.1 Å². The van der Waals surface area contributed by atoms with Crippen molar-refractivity contribution in [1.29, 1.82) is 0 Å². The minimum Gasteiger partial charge on any atom is -0.289 e. The van der Waals surface area contributed by atoms with Crippen molar-refractivity contribution in [2.45, 2.75) is 25.1 Å². The van der Waals surface area contributed by atoms with E-state index in [1.807, 2.05) is 0 Å². The summed E-state index contributed by atoms with van der Waals surface area (Å²) in [6.07, 6.45) is -11.1. The Hall–Kier alpha value is -5.08. The minimum absolute atomic E-state index is 0.00932. The van der Waals surface area contributed by atoms with Gasteiger partial charge in [-0.25, -0.2) is 4.68 Å². The fourth-order valence-electron chi connectivity index (χ4n) is 4.51. The molecule has 44 heavy (non-hydrogen) atoms.